The number of halogens is 1. The van der Waals surface area contributed by atoms with Crippen LogP contribution in [0.1, 0.15) is 6.92 Å². The second-order valence-electron chi connectivity index (χ2n) is 3.72. The topological polar surface area (TPSA) is 51.2 Å². The van der Waals surface area contributed by atoms with E-state index in [1.807, 2.05) is 31.2 Å². The van der Waals surface area contributed by atoms with Gasteiger partial charge in [-0.15, -0.1) is 0 Å². The Bertz CT molecular complexity index is 572. The molecule has 5 heteroatoms. The molecule has 1 aromatic carbocycles. The summed E-state index contributed by atoms with van der Waals surface area (Å²) >= 11 is 3.37. The van der Waals surface area contributed by atoms with Crippen molar-refractivity contribution in [2.75, 3.05) is 18.5 Å². The van der Waals surface area contributed by atoms with Crippen LogP contribution in [0.3, 0.4) is 0 Å². The van der Waals surface area contributed by atoms with Crippen molar-refractivity contribution < 1.29 is 9.53 Å². The molecule has 0 radical (unpaired) electrons. The van der Waals surface area contributed by atoms with Crippen LogP contribution in [0.2, 0.25) is 0 Å². The van der Waals surface area contributed by atoms with E-state index in [9.17, 15) is 4.79 Å². The number of hydrogen-bond acceptors (Lipinski definition) is 3. The molecular formula is C13H13BrN2O2. The molecule has 2 rings (SSSR count). The van der Waals surface area contributed by atoms with Crippen molar-refractivity contribution >= 4 is 38.4 Å². The summed E-state index contributed by atoms with van der Waals surface area (Å²) in [6, 6.07) is 7.62. The predicted molar refractivity (Wildman–Crippen MR) is 74.6 cm³/mol. The van der Waals surface area contributed by atoms with E-state index < -0.39 is 0 Å². The van der Waals surface area contributed by atoms with Crippen LogP contribution in [0, 0.1) is 0 Å². The minimum atomic E-state index is -0.172. The zero-order valence-corrected chi connectivity index (χ0v) is 11.5. The van der Waals surface area contributed by atoms with Crippen molar-refractivity contribution in [1.82, 2.24) is 4.98 Å². The van der Waals surface area contributed by atoms with E-state index in [2.05, 4.69) is 26.2 Å². The van der Waals surface area contributed by atoms with Crippen molar-refractivity contribution in [2.45, 2.75) is 6.92 Å². The molecular weight excluding hydrogens is 296 g/mol. The number of nitrogens with zero attached hydrogens (tertiary/aromatic N) is 1. The van der Waals surface area contributed by atoms with Crippen molar-refractivity contribution in [1.29, 1.82) is 0 Å². The standard InChI is InChI=1S/C13H13BrN2O2/c1-2-18-8-12(17)16-11-5-3-4-9-6-10(14)7-15-13(9)11/h3-7H,2,8H2,1H3,(H,16,17). The van der Waals surface area contributed by atoms with Gasteiger partial charge in [0, 0.05) is 22.7 Å². The molecule has 1 N–H and O–H groups in total. The number of anilines is 1. The third kappa shape index (κ3) is 3.05. The largest absolute Gasteiger partial charge is 0.372 e. The van der Waals surface area contributed by atoms with Gasteiger partial charge >= 0.3 is 0 Å². The summed E-state index contributed by atoms with van der Waals surface area (Å²) < 4.78 is 5.97. The van der Waals surface area contributed by atoms with Gasteiger partial charge in [0.2, 0.25) is 5.91 Å². The Kier molecular flexibility index (Phi) is 4.28. The Morgan fingerprint density at radius 3 is 3.11 bits per heavy atom. The van der Waals surface area contributed by atoms with Crippen LogP contribution in [-0.2, 0) is 9.53 Å². The van der Waals surface area contributed by atoms with E-state index >= 15 is 0 Å². The number of benzene rings is 1. The van der Waals surface area contributed by atoms with E-state index in [0.717, 1.165) is 15.4 Å². The number of nitrogens with one attached hydrogen (secondary N) is 1. The average molecular weight is 309 g/mol. The lowest BCUT2D eigenvalue weighted by Gasteiger charge is -2.08. The second-order valence-corrected chi connectivity index (χ2v) is 4.63. The highest BCUT2D eigenvalue weighted by atomic mass is 79.9. The van der Waals surface area contributed by atoms with Gasteiger partial charge in [0.05, 0.1) is 11.2 Å². The highest BCUT2D eigenvalue weighted by molar-refractivity contribution is 9.10. The molecule has 4 nitrogen and oxygen atoms in total. The zero-order valence-electron chi connectivity index (χ0n) is 9.94. The first-order chi connectivity index (χ1) is 8.70. The lowest BCUT2D eigenvalue weighted by atomic mass is 10.2. The Labute approximate surface area is 113 Å². The number of ether oxygens (including phenoxy) is 1. The summed E-state index contributed by atoms with van der Waals surface area (Å²) in [5.41, 5.74) is 1.47. The first-order valence-corrected chi connectivity index (χ1v) is 6.42. The Hall–Kier alpha value is -1.46. The van der Waals surface area contributed by atoms with Gasteiger partial charge in [-0.2, -0.15) is 0 Å². The smallest absolute Gasteiger partial charge is 0.250 e. The summed E-state index contributed by atoms with van der Waals surface area (Å²) in [6.07, 6.45) is 1.71. The van der Waals surface area contributed by atoms with Crippen molar-refractivity contribution in [2.24, 2.45) is 0 Å². The molecule has 2 aromatic rings. The van der Waals surface area contributed by atoms with Crippen LogP contribution in [0.25, 0.3) is 10.9 Å². The number of hydrogen-bond donors (Lipinski definition) is 1. The second kappa shape index (κ2) is 5.93. The number of carbonyl (C=O) groups excluding carboxylic acids is 1. The number of carbonyl (C=O) groups is 1. The number of rotatable bonds is 4. The van der Waals surface area contributed by atoms with Crippen LogP contribution in [-0.4, -0.2) is 24.1 Å². The van der Waals surface area contributed by atoms with Crippen LogP contribution in [0.5, 0.6) is 0 Å². The van der Waals surface area contributed by atoms with Gasteiger partial charge in [0.25, 0.3) is 0 Å². The fourth-order valence-electron chi connectivity index (χ4n) is 1.62. The molecule has 0 spiro atoms. The summed E-state index contributed by atoms with van der Waals surface area (Å²) in [5, 5.41) is 3.77. The van der Waals surface area contributed by atoms with E-state index in [-0.39, 0.29) is 12.5 Å². The SMILES string of the molecule is CCOCC(=O)Nc1cccc2cc(Br)cnc12. The molecule has 0 atom stereocenters. The number of aromatic nitrogens is 1. The predicted octanol–water partition coefficient (Wildman–Crippen LogP) is 2.97. The molecule has 1 heterocycles. The van der Waals surface area contributed by atoms with Crippen LogP contribution in [0.15, 0.2) is 34.9 Å². The molecule has 0 unspecified atom stereocenters. The Morgan fingerprint density at radius 1 is 1.50 bits per heavy atom. The fourth-order valence-corrected chi connectivity index (χ4v) is 1.96. The highest BCUT2D eigenvalue weighted by Crippen LogP contribution is 2.23. The van der Waals surface area contributed by atoms with Gasteiger partial charge in [-0.05, 0) is 35.0 Å². The minimum absolute atomic E-state index is 0.0589. The van der Waals surface area contributed by atoms with E-state index in [1.165, 1.54) is 0 Å². The maximum absolute atomic E-state index is 11.6. The first kappa shape index (κ1) is 13.0. The Balaban J connectivity index is 2.25. The maximum atomic E-state index is 11.6. The van der Waals surface area contributed by atoms with Gasteiger partial charge < -0.3 is 10.1 Å². The summed E-state index contributed by atoms with van der Waals surface area (Å²) in [7, 11) is 0. The van der Waals surface area contributed by atoms with E-state index in [0.29, 0.717) is 12.3 Å². The molecule has 0 aliphatic carbocycles. The molecule has 0 saturated carbocycles. The quantitative estimate of drug-likeness (QED) is 0.944. The molecule has 0 aliphatic rings. The molecule has 94 valence electrons. The summed E-state index contributed by atoms with van der Waals surface area (Å²) in [6.45, 7) is 2.43. The normalized spacial score (nSPS) is 10.6. The maximum Gasteiger partial charge on any atom is 0.250 e. The lowest BCUT2D eigenvalue weighted by molar-refractivity contribution is -0.120. The van der Waals surface area contributed by atoms with E-state index in [4.69, 9.17) is 4.74 Å². The Morgan fingerprint density at radius 2 is 2.33 bits per heavy atom. The van der Waals surface area contributed by atoms with Crippen molar-refractivity contribution in [3.8, 4) is 0 Å². The molecule has 1 amide bonds. The highest BCUT2D eigenvalue weighted by Gasteiger charge is 2.06. The van der Waals surface area contributed by atoms with Crippen LogP contribution >= 0.6 is 15.9 Å². The van der Waals surface area contributed by atoms with Gasteiger partial charge in [0.1, 0.15) is 6.61 Å². The number of fused-ring (bicyclic) bond motifs is 1. The van der Waals surface area contributed by atoms with E-state index in [1.54, 1.807) is 6.20 Å². The third-order valence-electron chi connectivity index (χ3n) is 2.39. The van der Waals surface area contributed by atoms with Crippen LogP contribution < -0.4 is 5.32 Å². The zero-order chi connectivity index (χ0) is 13.0. The average Bonchev–Trinajstić information content (AvgIpc) is 2.36. The van der Waals surface area contributed by atoms with Crippen molar-refractivity contribution in [3.05, 3.63) is 34.9 Å². The summed E-state index contributed by atoms with van der Waals surface area (Å²) in [5.74, 6) is -0.172. The molecule has 0 aliphatic heterocycles. The molecule has 18 heavy (non-hydrogen) atoms. The van der Waals surface area contributed by atoms with Crippen LogP contribution in [0.4, 0.5) is 5.69 Å². The molecule has 1 aromatic heterocycles. The van der Waals surface area contributed by atoms with Gasteiger partial charge in [-0.1, -0.05) is 12.1 Å². The minimum Gasteiger partial charge on any atom is -0.372 e. The van der Waals surface area contributed by atoms with Gasteiger partial charge in [0.15, 0.2) is 0 Å². The monoisotopic (exact) mass is 308 g/mol. The molecule has 0 fully saturated rings. The van der Waals surface area contributed by atoms with Gasteiger partial charge in [-0.3, -0.25) is 9.78 Å². The number of amides is 1. The fraction of sp³-hybridized carbons (Fsp3) is 0.231. The van der Waals surface area contributed by atoms with Gasteiger partial charge in [-0.25, -0.2) is 0 Å². The number of pyridine rings is 1. The lowest BCUT2D eigenvalue weighted by Crippen LogP contribution is -2.18. The van der Waals surface area contributed by atoms with Crippen molar-refractivity contribution in [3.63, 3.8) is 0 Å². The summed E-state index contributed by atoms with van der Waals surface area (Å²) in [4.78, 5) is 15.9. The molecule has 0 bridgehead atoms. The third-order valence-corrected chi connectivity index (χ3v) is 2.82. The molecule has 0 saturated heterocycles. The number of para-hydroxylation sites is 1. The first-order valence-electron chi connectivity index (χ1n) is 5.62.